The van der Waals surface area contributed by atoms with Crippen molar-refractivity contribution in [1.82, 2.24) is 15.0 Å². The van der Waals surface area contributed by atoms with Gasteiger partial charge in [-0.25, -0.2) is 9.97 Å². The summed E-state index contributed by atoms with van der Waals surface area (Å²) >= 11 is 1.49. The lowest BCUT2D eigenvalue weighted by Crippen LogP contribution is -2.41. The molecule has 3 heterocycles. The number of aromatic nitrogens is 3. The molecular formula is C16H21N5OS. The Hall–Kier alpha value is -2.02. The molecule has 2 aromatic heterocycles. The second-order valence-corrected chi connectivity index (χ2v) is 6.93. The predicted octanol–water partition coefficient (Wildman–Crippen LogP) is 2.91. The van der Waals surface area contributed by atoms with Gasteiger partial charge in [0.1, 0.15) is 5.82 Å². The van der Waals surface area contributed by atoms with E-state index in [9.17, 15) is 4.79 Å². The van der Waals surface area contributed by atoms with E-state index in [1.54, 1.807) is 18.6 Å². The average molecular weight is 331 g/mol. The van der Waals surface area contributed by atoms with Crippen molar-refractivity contribution in [2.75, 3.05) is 23.3 Å². The molecule has 0 bridgehead atoms. The molecule has 0 spiro atoms. The van der Waals surface area contributed by atoms with Gasteiger partial charge in [-0.05, 0) is 18.8 Å². The number of carbonyl (C=O) groups is 1. The van der Waals surface area contributed by atoms with E-state index in [4.69, 9.17) is 0 Å². The highest BCUT2D eigenvalue weighted by atomic mass is 32.1. The van der Waals surface area contributed by atoms with Gasteiger partial charge < -0.3 is 10.2 Å². The molecule has 1 amide bonds. The van der Waals surface area contributed by atoms with Crippen LogP contribution >= 0.6 is 11.3 Å². The van der Waals surface area contributed by atoms with E-state index >= 15 is 0 Å². The van der Waals surface area contributed by atoms with Crippen molar-refractivity contribution < 1.29 is 4.79 Å². The molecule has 1 saturated heterocycles. The number of carbonyl (C=O) groups excluding carboxylic acids is 1. The molecule has 1 aliphatic rings. The topological polar surface area (TPSA) is 71.0 Å². The number of anilines is 2. The molecule has 2 aromatic rings. The Bertz CT molecular complexity index is 658. The fourth-order valence-corrected chi connectivity index (χ4v) is 3.54. The SMILES string of the molecule is CC(C)c1csc(NC(=O)[C@H]2CCCN(c3cnccn3)C2)n1. The molecule has 3 rings (SSSR count). The summed E-state index contributed by atoms with van der Waals surface area (Å²) in [6, 6.07) is 0. The Kier molecular flexibility index (Phi) is 4.85. The van der Waals surface area contributed by atoms with Crippen LogP contribution in [0.15, 0.2) is 24.0 Å². The molecule has 1 aliphatic heterocycles. The van der Waals surface area contributed by atoms with Gasteiger partial charge in [0.15, 0.2) is 5.13 Å². The molecule has 0 unspecified atom stereocenters. The molecule has 0 radical (unpaired) electrons. The van der Waals surface area contributed by atoms with Gasteiger partial charge in [-0.3, -0.25) is 9.78 Å². The van der Waals surface area contributed by atoms with Crippen LogP contribution in [0.5, 0.6) is 0 Å². The molecule has 1 fully saturated rings. The Morgan fingerprint density at radius 1 is 1.43 bits per heavy atom. The summed E-state index contributed by atoms with van der Waals surface area (Å²) in [6.45, 7) is 5.78. The van der Waals surface area contributed by atoms with E-state index in [0.717, 1.165) is 30.9 Å². The number of rotatable bonds is 4. The monoisotopic (exact) mass is 331 g/mol. The standard InChI is InChI=1S/C16H21N5OS/c1-11(2)13-10-23-16(19-13)20-15(22)12-4-3-7-21(9-12)14-8-17-5-6-18-14/h5-6,8,10-12H,3-4,7,9H2,1-2H3,(H,19,20,22)/t12-/m0/s1. The molecule has 1 N–H and O–H groups in total. The number of nitrogens with one attached hydrogen (secondary N) is 1. The van der Waals surface area contributed by atoms with Gasteiger partial charge in [0.25, 0.3) is 0 Å². The minimum absolute atomic E-state index is 0.0443. The smallest absolute Gasteiger partial charge is 0.231 e. The first-order chi connectivity index (χ1) is 11.1. The molecule has 7 heteroatoms. The summed E-state index contributed by atoms with van der Waals surface area (Å²) < 4.78 is 0. The van der Waals surface area contributed by atoms with Gasteiger partial charge in [0, 0.05) is 30.9 Å². The molecule has 0 aromatic carbocycles. The number of piperidine rings is 1. The normalized spacial score (nSPS) is 18.2. The van der Waals surface area contributed by atoms with Crippen molar-refractivity contribution in [3.63, 3.8) is 0 Å². The van der Waals surface area contributed by atoms with Crippen molar-refractivity contribution in [3.8, 4) is 0 Å². The number of hydrogen-bond donors (Lipinski definition) is 1. The summed E-state index contributed by atoms with van der Waals surface area (Å²) in [5.74, 6) is 1.21. The first-order valence-corrected chi connectivity index (χ1v) is 8.78. The molecule has 0 aliphatic carbocycles. The molecule has 23 heavy (non-hydrogen) atoms. The number of thiazole rings is 1. The van der Waals surface area contributed by atoms with Crippen LogP contribution in [0, 0.1) is 5.92 Å². The van der Waals surface area contributed by atoms with Crippen molar-refractivity contribution in [3.05, 3.63) is 29.7 Å². The first-order valence-electron chi connectivity index (χ1n) is 7.90. The van der Waals surface area contributed by atoms with Crippen molar-refractivity contribution >= 4 is 28.2 Å². The van der Waals surface area contributed by atoms with Gasteiger partial charge in [0.05, 0.1) is 17.8 Å². The van der Waals surface area contributed by atoms with E-state index in [-0.39, 0.29) is 11.8 Å². The minimum Gasteiger partial charge on any atom is -0.355 e. The fourth-order valence-electron chi connectivity index (χ4n) is 2.67. The van der Waals surface area contributed by atoms with Gasteiger partial charge >= 0.3 is 0 Å². The third kappa shape index (κ3) is 3.85. The molecule has 6 nitrogen and oxygen atoms in total. The second kappa shape index (κ2) is 7.04. The van der Waals surface area contributed by atoms with Crippen molar-refractivity contribution in [1.29, 1.82) is 0 Å². The van der Waals surface area contributed by atoms with E-state index in [0.29, 0.717) is 17.6 Å². The van der Waals surface area contributed by atoms with Crippen molar-refractivity contribution in [2.24, 2.45) is 5.92 Å². The van der Waals surface area contributed by atoms with Crippen LogP contribution in [-0.4, -0.2) is 33.9 Å². The maximum absolute atomic E-state index is 12.5. The zero-order valence-corrected chi connectivity index (χ0v) is 14.2. The number of nitrogens with zero attached hydrogens (tertiary/aromatic N) is 4. The molecule has 1 atom stereocenters. The van der Waals surface area contributed by atoms with Crippen LogP contribution in [0.2, 0.25) is 0 Å². The summed E-state index contributed by atoms with van der Waals surface area (Å²) in [5, 5.41) is 5.66. The third-order valence-corrected chi connectivity index (χ3v) is 4.79. The third-order valence-electron chi connectivity index (χ3n) is 4.01. The maximum atomic E-state index is 12.5. The average Bonchev–Trinajstić information content (AvgIpc) is 3.04. The van der Waals surface area contributed by atoms with Crippen molar-refractivity contribution in [2.45, 2.75) is 32.6 Å². The van der Waals surface area contributed by atoms with Gasteiger partial charge in [0.2, 0.25) is 5.91 Å². The highest BCUT2D eigenvalue weighted by molar-refractivity contribution is 7.13. The van der Waals surface area contributed by atoms with Crippen LogP contribution in [0.25, 0.3) is 0 Å². The Morgan fingerprint density at radius 3 is 3.00 bits per heavy atom. The minimum atomic E-state index is -0.0443. The summed E-state index contributed by atoms with van der Waals surface area (Å²) in [6.07, 6.45) is 6.96. The lowest BCUT2D eigenvalue weighted by molar-refractivity contribution is -0.120. The van der Waals surface area contributed by atoms with Gasteiger partial charge in [-0.15, -0.1) is 11.3 Å². The van der Waals surface area contributed by atoms with Gasteiger partial charge in [-0.1, -0.05) is 13.8 Å². The van der Waals surface area contributed by atoms with E-state index in [1.807, 2.05) is 5.38 Å². The quantitative estimate of drug-likeness (QED) is 0.933. The predicted molar refractivity (Wildman–Crippen MR) is 91.8 cm³/mol. The Morgan fingerprint density at radius 2 is 2.30 bits per heavy atom. The fraction of sp³-hybridized carbons (Fsp3) is 0.500. The lowest BCUT2D eigenvalue weighted by atomic mass is 9.97. The van der Waals surface area contributed by atoms with E-state index < -0.39 is 0 Å². The highest BCUT2D eigenvalue weighted by Crippen LogP contribution is 2.25. The van der Waals surface area contributed by atoms with Gasteiger partial charge in [-0.2, -0.15) is 0 Å². The molecule has 0 saturated carbocycles. The summed E-state index contributed by atoms with van der Waals surface area (Å²) in [5.41, 5.74) is 1.02. The van der Waals surface area contributed by atoms with E-state index in [2.05, 4.69) is 39.0 Å². The lowest BCUT2D eigenvalue weighted by Gasteiger charge is -2.32. The summed E-state index contributed by atoms with van der Waals surface area (Å²) in [4.78, 5) is 27.5. The molecule has 122 valence electrons. The number of amides is 1. The van der Waals surface area contributed by atoms with Crippen LogP contribution in [0.3, 0.4) is 0 Å². The van der Waals surface area contributed by atoms with E-state index in [1.165, 1.54) is 11.3 Å². The van der Waals surface area contributed by atoms with Crippen LogP contribution in [0.1, 0.15) is 38.3 Å². The Labute approximate surface area is 140 Å². The largest absolute Gasteiger partial charge is 0.355 e. The van der Waals surface area contributed by atoms with Crippen LogP contribution in [-0.2, 0) is 4.79 Å². The maximum Gasteiger partial charge on any atom is 0.231 e. The van der Waals surface area contributed by atoms with Crippen LogP contribution < -0.4 is 10.2 Å². The number of hydrogen-bond acceptors (Lipinski definition) is 6. The van der Waals surface area contributed by atoms with Crippen LogP contribution in [0.4, 0.5) is 10.9 Å². The second-order valence-electron chi connectivity index (χ2n) is 6.07. The molecular weight excluding hydrogens is 310 g/mol. The highest BCUT2D eigenvalue weighted by Gasteiger charge is 2.27. The first kappa shape index (κ1) is 15.9. The zero-order valence-electron chi connectivity index (χ0n) is 13.4. The Balaban J connectivity index is 1.62. The zero-order chi connectivity index (χ0) is 16.2. The summed E-state index contributed by atoms with van der Waals surface area (Å²) in [7, 11) is 0.